The standard InChI is InChI=1S/C10H14N2/c1-9-4-3-5-10(8-9)12(2)7-6-11/h3-8H,11H2,1-2H3/b7-6-. The van der Waals surface area contributed by atoms with Gasteiger partial charge in [0.05, 0.1) is 0 Å². The summed E-state index contributed by atoms with van der Waals surface area (Å²) in [6.07, 6.45) is 3.36. The predicted octanol–water partition coefficient (Wildman–Crippen LogP) is 1.86. The van der Waals surface area contributed by atoms with Crippen LogP contribution in [0.15, 0.2) is 36.7 Å². The molecule has 0 saturated carbocycles. The Morgan fingerprint density at radius 3 is 2.75 bits per heavy atom. The molecule has 0 unspecified atom stereocenters. The van der Waals surface area contributed by atoms with E-state index in [1.54, 1.807) is 0 Å². The first-order valence-electron chi connectivity index (χ1n) is 3.92. The van der Waals surface area contributed by atoms with E-state index in [0.717, 1.165) is 5.69 Å². The molecular formula is C10H14N2. The van der Waals surface area contributed by atoms with Crippen LogP contribution in [0.1, 0.15) is 5.56 Å². The molecule has 0 aliphatic carbocycles. The minimum atomic E-state index is 1.15. The minimum Gasteiger partial charge on any atom is -0.403 e. The van der Waals surface area contributed by atoms with Gasteiger partial charge in [-0.15, -0.1) is 0 Å². The lowest BCUT2D eigenvalue weighted by molar-refractivity contribution is 1.19. The Morgan fingerprint density at radius 2 is 2.17 bits per heavy atom. The molecule has 1 aromatic carbocycles. The van der Waals surface area contributed by atoms with Gasteiger partial charge in [0.1, 0.15) is 0 Å². The van der Waals surface area contributed by atoms with Crippen molar-refractivity contribution in [1.29, 1.82) is 0 Å². The number of hydrogen-bond donors (Lipinski definition) is 1. The molecule has 0 amide bonds. The van der Waals surface area contributed by atoms with Gasteiger partial charge in [-0.3, -0.25) is 0 Å². The molecule has 0 bridgehead atoms. The zero-order valence-corrected chi connectivity index (χ0v) is 7.49. The van der Waals surface area contributed by atoms with E-state index in [-0.39, 0.29) is 0 Å². The highest BCUT2D eigenvalue weighted by Gasteiger charge is 1.94. The molecule has 0 fully saturated rings. The van der Waals surface area contributed by atoms with Crippen LogP contribution in [-0.2, 0) is 0 Å². The third-order valence-corrected chi connectivity index (χ3v) is 1.72. The minimum absolute atomic E-state index is 1.15. The fraction of sp³-hybridized carbons (Fsp3) is 0.200. The van der Waals surface area contributed by atoms with Crippen molar-refractivity contribution >= 4 is 5.69 Å². The van der Waals surface area contributed by atoms with Crippen LogP contribution in [0.2, 0.25) is 0 Å². The highest BCUT2D eigenvalue weighted by Crippen LogP contribution is 2.13. The van der Waals surface area contributed by atoms with Crippen LogP contribution in [0.3, 0.4) is 0 Å². The van der Waals surface area contributed by atoms with E-state index < -0.39 is 0 Å². The van der Waals surface area contributed by atoms with Crippen LogP contribution < -0.4 is 10.6 Å². The highest BCUT2D eigenvalue weighted by molar-refractivity contribution is 5.49. The Hall–Kier alpha value is -1.44. The second-order valence-electron chi connectivity index (χ2n) is 2.79. The Bertz CT molecular complexity index is 279. The van der Waals surface area contributed by atoms with Gasteiger partial charge in [-0.1, -0.05) is 12.1 Å². The zero-order valence-electron chi connectivity index (χ0n) is 7.49. The first-order chi connectivity index (χ1) is 5.74. The summed E-state index contributed by atoms with van der Waals surface area (Å²) >= 11 is 0. The van der Waals surface area contributed by atoms with Crippen molar-refractivity contribution in [3.8, 4) is 0 Å². The van der Waals surface area contributed by atoms with Crippen molar-refractivity contribution in [2.45, 2.75) is 6.92 Å². The van der Waals surface area contributed by atoms with E-state index in [0.29, 0.717) is 0 Å². The van der Waals surface area contributed by atoms with Crippen LogP contribution in [0.5, 0.6) is 0 Å². The Balaban J connectivity index is 2.87. The zero-order chi connectivity index (χ0) is 8.97. The molecule has 0 aliphatic rings. The second-order valence-corrected chi connectivity index (χ2v) is 2.79. The summed E-state index contributed by atoms with van der Waals surface area (Å²) in [7, 11) is 1.97. The molecule has 1 rings (SSSR count). The average Bonchev–Trinajstić information content (AvgIpc) is 2.05. The number of anilines is 1. The van der Waals surface area contributed by atoms with Gasteiger partial charge in [-0.2, -0.15) is 0 Å². The number of nitrogens with zero attached hydrogens (tertiary/aromatic N) is 1. The van der Waals surface area contributed by atoms with Gasteiger partial charge in [-0.25, -0.2) is 0 Å². The van der Waals surface area contributed by atoms with E-state index >= 15 is 0 Å². The summed E-state index contributed by atoms with van der Waals surface area (Å²) in [6, 6.07) is 8.27. The van der Waals surface area contributed by atoms with E-state index in [1.807, 2.05) is 30.3 Å². The second kappa shape index (κ2) is 3.81. The van der Waals surface area contributed by atoms with Gasteiger partial charge < -0.3 is 10.6 Å². The Kier molecular flexibility index (Phi) is 2.75. The van der Waals surface area contributed by atoms with Crippen molar-refractivity contribution in [1.82, 2.24) is 0 Å². The van der Waals surface area contributed by atoms with Gasteiger partial charge in [-0.05, 0) is 24.6 Å². The van der Waals surface area contributed by atoms with E-state index in [9.17, 15) is 0 Å². The van der Waals surface area contributed by atoms with Crippen molar-refractivity contribution in [3.63, 3.8) is 0 Å². The van der Waals surface area contributed by atoms with E-state index in [4.69, 9.17) is 5.73 Å². The summed E-state index contributed by atoms with van der Waals surface area (Å²) < 4.78 is 0. The largest absolute Gasteiger partial charge is 0.403 e. The molecule has 0 aromatic heterocycles. The van der Waals surface area contributed by atoms with Crippen molar-refractivity contribution in [2.24, 2.45) is 5.73 Å². The first kappa shape index (κ1) is 8.65. The van der Waals surface area contributed by atoms with Crippen LogP contribution >= 0.6 is 0 Å². The number of hydrogen-bond acceptors (Lipinski definition) is 2. The topological polar surface area (TPSA) is 29.3 Å². The molecule has 0 saturated heterocycles. The maximum Gasteiger partial charge on any atom is 0.0406 e. The predicted molar refractivity (Wildman–Crippen MR) is 52.9 cm³/mol. The van der Waals surface area contributed by atoms with Crippen molar-refractivity contribution in [2.75, 3.05) is 11.9 Å². The lowest BCUT2D eigenvalue weighted by atomic mass is 10.2. The number of nitrogens with two attached hydrogens (primary N) is 1. The number of aryl methyl sites for hydroxylation is 1. The lowest BCUT2D eigenvalue weighted by Crippen LogP contribution is -2.08. The molecule has 0 heterocycles. The van der Waals surface area contributed by atoms with Gasteiger partial charge in [0.15, 0.2) is 0 Å². The van der Waals surface area contributed by atoms with Gasteiger partial charge in [0.25, 0.3) is 0 Å². The van der Waals surface area contributed by atoms with Crippen LogP contribution in [0.4, 0.5) is 5.69 Å². The molecule has 0 spiro atoms. The maximum absolute atomic E-state index is 5.28. The molecule has 64 valence electrons. The fourth-order valence-electron chi connectivity index (χ4n) is 1.06. The molecule has 0 aliphatic heterocycles. The van der Waals surface area contributed by atoms with Crippen LogP contribution in [0, 0.1) is 6.92 Å². The SMILES string of the molecule is Cc1cccc(N(C)/C=C\N)c1. The molecule has 0 radical (unpaired) electrons. The van der Waals surface area contributed by atoms with Gasteiger partial charge in [0, 0.05) is 25.1 Å². The molecule has 2 N–H and O–H groups in total. The molecule has 1 aromatic rings. The highest BCUT2D eigenvalue weighted by atomic mass is 15.1. The van der Waals surface area contributed by atoms with E-state index in [1.165, 1.54) is 11.8 Å². The quantitative estimate of drug-likeness (QED) is 0.719. The lowest BCUT2D eigenvalue weighted by Gasteiger charge is -2.13. The van der Waals surface area contributed by atoms with Crippen molar-refractivity contribution < 1.29 is 0 Å². The fourth-order valence-corrected chi connectivity index (χ4v) is 1.06. The van der Waals surface area contributed by atoms with Gasteiger partial charge >= 0.3 is 0 Å². The average molecular weight is 162 g/mol. The molecule has 2 heteroatoms. The van der Waals surface area contributed by atoms with Crippen molar-refractivity contribution in [3.05, 3.63) is 42.2 Å². The first-order valence-corrected chi connectivity index (χ1v) is 3.92. The third kappa shape index (κ3) is 2.02. The summed E-state index contributed by atoms with van der Waals surface area (Å²) in [6.45, 7) is 2.07. The molecular weight excluding hydrogens is 148 g/mol. The number of benzene rings is 1. The third-order valence-electron chi connectivity index (χ3n) is 1.72. The number of rotatable bonds is 2. The van der Waals surface area contributed by atoms with Gasteiger partial charge in [0.2, 0.25) is 0 Å². The Labute approximate surface area is 73.3 Å². The smallest absolute Gasteiger partial charge is 0.0406 e. The summed E-state index contributed by atoms with van der Waals surface area (Å²) in [5, 5.41) is 0. The van der Waals surface area contributed by atoms with Crippen LogP contribution in [0.25, 0.3) is 0 Å². The maximum atomic E-state index is 5.28. The Morgan fingerprint density at radius 1 is 1.42 bits per heavy atom. The summed E-state index contributed by atoms with van der Waals surface area (Å²) in [5.74, 6) is 0. The molecule has 0 atom stereocenters. The summed E-state index contributed by atoms with van der Waals surface area (Å²) in [4.78, 5) is 1.98. The monoisotopic (exact) mass is 162 g/mol. The van der Waals surface area contributed by atoms with Crippen LogP contribution in [-0.4, -0.2) is 7.05 Å². The van der Waals surface area contributed by atoms with E-state index in [2.05, 4.69) is 19.1 Å². The molecule has 2 nitrogen and oxygen atoms in total. The molecule has 12 heavy (non-hydrogen) atoms. The summed E-state index contributed by atoms with van der Waals surface area (Å²) in [5.41, 5.74) is 7.69. The normalized spacial score (nSPS) is 10.5.